The number of benzene rings is 2. The van der Waals surface area contributed by atoms with Gasteiger partial charge in [0.1, 0.15) is 11.5 Å². The second-order valence-corrected chi connectivity index (χ2v) is 5.72. The molecule has 0 spiro atoms. The molecular weight excluding hydrogens is 392 g/mol. The fourth-order valence-corrected chi connectivity index (χ4v) is 1.97. The molecule has 0 saturated carbocycles. The first-order valence-corrected chi connectivity index (χ1v) is 8.48. The predicted molar refractivity (Wildman–Crippen MR) is 108 cm³/mol. The van der Waals surface area contributed by atoms with Gasteiger partial charge >= 0.3 is 0 Å². The topological polar surface area (TPSA) is 157 Å². The monoisotopic (exact) mass is 410 g/mol. The van der Waals surface area contributed by atoms with Crippen LogP contribution < -0.4 is 21.5 Å². The maximum atomic E-state index is 11.7. The highest BCUT2D eigenvalue weighted by Gasteiger charge is 2.03. The van der Waals surface area contributed by atoms with Crippen molar-refractivity contribution in [2.75, 3.05) is 10.6 Å². The Bertz CT molecular complexity index is 900. The summed E-state index contributed by atoms with van der Waals surface area (Å²) in [5, 5.41) is 23.3. The molecule has 10 nitrogen and oxygen atoms in total. The molecule has 2 rings (SSSR count). The van der Waals surface area contributed by atoms with Gasteiger partial charge in [0.05, 0.1) is 0 Å². The van der Waals surface area contributed by atoms with Gasteiger partial charge in [0.2, 0.25) is 11.8 Å². The van der Waals surface area contributed by atoms with Gasteiger partial charge in [-0.15, -0.1) is 0 Å². The van der Waals surface area contributed by atoms with E-state index in [2.05, 4.69) is 10.6 Å². The fraction of sp³-hybridized carbons (Fsp3) is 0. The molecule has 0 aliphatic heterocycles. The van der Waals surface area contributed by atoms with Crippen molar-refractivity contribution in [2.24, 2.45) is 0 Å². The van der Waals surface area contributed by atoms with Gasteiger partial charge in [-0.25, -0.2) is 0 Å². The zero-order valence-electron chi connectivity index (χ0n) is 15.5. The Labute approximate surface area is 170 Å². The van der Waals surface area contributed by atoms with Gasteiger partial charge in [0.15, 0.2) is 0 Å². The molecule has 0 aromatic heterocycles. The van der Waals surface area contributed by atoms with E-state index in [-0.39, 0.29) is 11.5 Å². The first-order valence-electron chi connectivity index (χ1n) is 8.48. The van der Waals surface area contributed by atoms with Gasteiger partial charge in [-0.1, -0.05) is 0 Å². The largest absolute Gasteiger partial charge is 0.508 e. The zero-order chi connectivity index (χ0) is 21.9. The van der Waals surface area contributed by atoms with Crippen LogP contribution in [0.25, 0.3) is 0 Å². The molecule has 0 atom stereocenters. The van der Waals surface area contributed by atoms with Crippen LogP contribution >= 0.6 is 0 Å². The van der Waals surface area contributed by atoms with Crippen LogP contribution in [-0.2, 0) is 19.2 Å². The molecule has 0 unspecified atom stereocenters. The molecular formula is C20H18N4O6. The fourth-order valence-electron chi connectivity index (χ4n) is 1.97. The average molecular weight is 410 g/mol. The molecule has 10 heteroatoms. The number of carbonyl (C=O) groups is 4. The van der Waals surface area contributed by atoms with Gasteiger partial charge in [0, 0.05) is 35.7 Å². The lowest BCUT2D eigenvalue weighted by Gasteiger charge is -2.03. The van der Waals surface area contributed by atoms with Crippen LogP contribution in [0.4, 0.5) is 11.4 Å². The zero-order valence-corrected chi connectivity index (χ0v) is 15.5. The van der Waals surface area contributed by atoms with Crippen molar-refractivity contribution in [3.8, 4) is 11.5 Å². The first-order chi connectivity index (χ1) is 14.3. The molecule has 2 aromatic rings. The minimum absolute atomic E-state index is 0.0468. The minimum atomic E-state index is -0.772. The number of hydrogen-bond acceptors (Lipinski definition) is 6. The minimum Gasteiger partial charge on any atom is -0.508 e. The number of amides is 4. The van der Waals surface area contributed by atoms with Gasteiger partial charge in [-0.2, -0.15) is 0 Å². The molecule has 0 heterocycles. The Kier molecular flexibility index (Phi) is 7.71. The normalized spacial score (nSPS) is 10.5. The Morgan fingerprint density at radius 3 is 1.17 bits per heavy atom. The van der Waals surface area contributed by atoms with Crippen molar-refractivity contribution in [1.29, 1.82) is 0 Å². The highest BCUT2D eigenvalue weighted by molar-refractivity contribution is 6.05. The van der Waals surface area contributed by atoms with Gasteiger partial charge in [-0.3, -0.25) is 30.0 Å². The average Bonchev–Trinajstić information content (AvgIpc) is 2.72. The third kappa shape index (κ3) is 7.96. The molecule has 0 radical (unpaired) electrons. The van der Waals surface area contributed by atoms with Crippen molar-refractivity contribution in [3.05, 3.63) is 72.8 Å². The third-order valence-electron chi connectivity index (χ3n) is 3.35. The molecule has 0 fully saturated rings. The summed E-state index contributed by atoms with van der Waals surface area (Å²) in [7, 11) is 0. The van der Waals surface area contributed by atoms with Crippen LogP contribution in [-0.4, -0.2) is 33.8 Å². The lowest BCUT2D eigenvalue weighted by molar-refractivity contribution is -0.124. The van der Waals surface area contributed by atoms with E-state index in [1.807, 2.05) is 10.9 Å². The first kappa shape index (κ1) is 21.7. The second kappa shape index (κ2) is 10.7. The standard InChI is InChI=1S/C20H18N4O6/c25-15-5-1-13(2-6-15)21-17(27)9-11-19(29)23-24-20(30)12-10-18(28)22-14-3-7-16(26)8-4-14/h1-12,25-26H,(H,21,27)(H,22,28)(H,23,29)(H,24,30)/b11-9+,12-10+. The van der Waals surface area contributed by atoms with E-state index in [1.165, 1.54) is 48.5 Å². The molecule has 0 bridgehead atoms. The summed E-state index contributed by atoms with van der Waals surface area (Å²) in [4.78, 5) is 46.6. The number of hydrazine groups is 1. The van der Waals surface area contributed by atoms with E-state index in [0.717, 1.165) is 24.3 Å². The number of phenols is 2. The van der Waals surface area contributed by atoms with Crippen LogP contribution in [0.15, 0.2) is 72.8 Å². The van der Waals surface area contributed by atoms with Crippen LogP contribution in [0.1, 0.15) is 0 Å². The van der Waals surface area contributed by atoms with Gasteiger partial charge in [-0.05, 0) is 48.5 Å². The number of rotatable bonds is 6. The van der Waals surface area contributed by atoms with E-state index >= 15 is 0 Å². The maximum Gasteiger partial charge on any atom is 0.262 e. The number of carbonyl (C=O) groups excluding carboxylic acids is 4. The molecule has 2 aromatic carbocycles. The van der Waals surface area contributed by atoms with Crippen molar-refractivity contribution >= 4 is 35.0 Å². The molecule has 30 heavy (non-hydrogen) atoms. The molecule has 0 aliphatic carbocycles. The number of hydrogen-bond donors (Lipinski definition) is 6. The highest BCUT2D eigenvalue weighted by atomic mass is 16.3. The summed E-state index contributed by atoms with van der Waals surface area (Å²) in [6, 6.07) is 11.5. The van der Waals surface area contributed by atoms with Crippen LogP contribution in [0, 0.1) is 0 Å². The van der Waals surface area contributed by atoms with Crippen LogP contribution in [0.2, 0.25) is 0 Å². The molecule has 6 N–H and O–H groups in total. The molecule has 0 aliphatic rings. The SMILES string of the molecule is O=C(/C=C/C(=O)Nc1ccc(O)cc1)NNC(=O)/C=C/C(=O)Nc1ccc(O)cc1. The van der Waals surface area contributed by atoms with Crippen LogP contribution in [0.5, 0.6) is 11.5 Å². The van der Waals surface area contributed by atoms with Gasteiger partial charge < -0.3 is 20.8 Å². The quantitative estimate of drug-likeness (QED) is 0.236. The summed E-state index contributed by atoms with van der Waals surface area (Å²) in [6.07, 6.45) is 3.71. The Hall–Kier alpha value is -4.60. The van der Waals surface area contributed by atoms with E-state index < -0.39 is 23.6 Å². The van der Waals surface area contributed by atoms with Crippen molar-refractivity contribution in [1.82, 2.24) is 10.9 Å². The Morgan fingerprint density at radius 1 is 0.533 bits per heavy atom. The third-order valence-corrected chi connectivity index (χ3v) is 3.35. The lowest BCUT2D eigenvalue weighted by Crippen LogP contribution is -2.40. The highest BCUT2D eigenvalue weighted by Crippen LogP contribution is 2.14. The molecule has 154 valence electrons. The van der Waals surface area contributed by atoms with Crippen molar-refractivity contribution < 1.29 is 29.4 Å². The van der Waals surface area contributed by atoms with Crippen molar-refractivity contribution in [2.45, 2.75) is 0 Å². The summed E-state index contributed by atoms with van der Waals surface area (Å²) >= 11 is 0. The van der Waals surface area contributed by atoms with Crippen molar-refractivity contribution in [3.63, 3.8) is 0 Å². The van der Waals surface area contributed by atoms with E-state index in [0.29, 0.717) is 11.4 Å². The number of aromatic hydroxyl groups is 2. The summed E-state index contributed by atoms with van der Waals surface area (Å²) in [5.74, 6) is -2.63. The smallest absolute Gasteiger partial charge is 0.262 e. The van der Waals surface area contributed by atoms with E-state index in [1.54, 1.807) is 0 Å². The van der Waals surface area contributed by atoms with Gasteiger partial charge in [0.25, 0.3) is 11.8 Å². The van der Waals surface area contributed by atoms with E-state index in [9.17, 15) is 19.2 Å². The van der Waals surface area contributed by atoms with E-state index in [4.69, 9.17) is 10.2 Å². The lowest BCUT2D eigenvalue weighted by atomic mass is 10.3. The summed E-state index contributed by atoms with van der Waals surface area (Å²) in [6.45, 7) is 0. The number of phenolic OH excluding ortho intramolecular Hbond substituents is 2. The maximum absolute atomic E-state index is 11.7. The summed E-state index contributed by atoms with van der Waals surface area (Å²) < 4.78 is 0. The second-order valence-electron chi connectivity index (χ2n) is 5.72. The van der Waals surface area contributed by atoms with Crippen LogP contribution in [0.3, 0.4) is 0 Å². The Balaban J connectivity index is 1.71. The molecule has 0 saturated heterocycles. The number of anilines is 2. The Morgan fingerprint density at radius 2 is 0.833 bits per heavy atom. The molecule has 4 amide bonds. The predicted octanol–water partition coefficient (Wildman–Crippen LogP) is 0.935. The number of nitrogens with one attached hydrogen (secondary N) is 4. The summed E-state index contributed by atoms with van der Waals surface area (Å²) in [5.41, 5.74) is 4.93.